The molecule has 0 unspecified atom stereocenters. The van der Waals surface area contributed by atoms with E-state index in [1.807, 2.05) is 32.0 Å². The number of piperazine rings is 1. The Morgan fingerprint density at radius 1 is 1.06 bits per heavy atom. The molecular formula is C25H28N2O6S. The van der Waals surface area contributed by atoms with E-state index in [2.05, 4.69) is 11.0 Å². The Labute approximate surface area is 198 Å². The van der Waals surface area contributed by atoms with Crippen LogP contribution in [0.2, 0.25) is 0 Å². The minimum Gasteiger partial charge on any atom is -0.425 e. The van der Waals surface area contributed by atoms with E-state index >= 15 is 0 Å². The molecule has 0 aliphatic carbocycles. The molecule has 2 heterocycles. The molecule has 0 spiro atoms. The average molecular weight is 485 g/mol. The number of anilines is 1. The first-order valence-electron chi connectivity index (χ1n) is 11.2. The highest BCUT2D eigenvalue weighted by atomic mass is 32.2. The Kier molecular flexibility index (Phi) is 6.77. The van der Waals surface area contributed by atoms with Gasteiger partial charge in [-0.2, -0.15) is 4.31 Å². The van der Waals surface area contributed by atoms with Crippen LogP contribution >= 0.6 is 0 Å². The molecule has 1 aromatic heterocycles. The molecule has 0 bridgehead atoms. The summed E-state index contributed by atoms with van der Waals surface area (Å²) in [5, 5.41) is 0.746. The molecule has 1 aliphatic heterocycles. The monoisotopic (exact) mass is 484 g/mol. The lowest BCUT2D eigenvalue weighted by atomic mass is 10.1. The lowest BCUT2D eigenvalue weighted by molar-refractivity contribution is -0.131. The van der Waals surface area contributed by atoms with Crippen molar-refractivity contribution < 1.29 is 22.4 Å². The third kappa shape index (κ3) is 5.15. The van der Waals surface area contributed by atoms with Gasteiger partial charge in [-0.15, -0.1) is 0 Å². The van der Waals surface area contributed by atoms with Crippen molar-refractivity contribution in [1.82, 2.24) is 4.31 Å². The van der Waals surface area contributed by atoms with Crippen LogP contribution in [0.15, 0.2) is 51.7 Å². The molecule has 1 saturated heterocycles. The smallest absolute Gasteiger partial charge is 0.336 e. The van der Waals surface area contributed by atoms with Crippen LogP contribution in [0.5, 0.6) is 5.75 Å². The predicted octanol–water partition coefficient (Wildman–Crippen LogP) is 3.03. The van der Waals surface area contributed by atoms with Crippen molar-refractivity contribution in [2.45, 2.75) is 27.2 Å². The van der Waals surface area contributed by atoms with Gasteiger partial charge in [-0.25, -0.2) is 13.2 Å². The summed E-state index contributed by atoms with van der Waals surface area (Å²) in [7, 11) is -3.83. The summed E-state index contributed by atoms with van der Waals surface area (Å²) in [6.07, 6.45) is 0.560. The SMILES string of the molecule is CCc1cc2c(C)cc(=O)oc2cc1OC(=O)CS(=O)(=O)N1CCN(c2cccc(C)c2)CC1. The van der Waals surface area contributed by atoms with Crippen LogP contribution < -0.4 is 15.3 Å². The van der Waals surface area contributed by atoms with Gasteiger partial charge in [0.1, 0.15) is 11.3 Å². The summed E-state index contributed by atoms with van der Waals surface area (Å²) in [4.78, 5) is 26.5. The van der Waals surface area contributed by atoms with Gasteiger partial charge in [-0.1, -0.05) is 19.1 Å². The number of ether oxygens (including phenoxy) is 1. The quantitative estimate of drug-likeness (QED) is 0.301. The van der Waals surface area contributed by atoms with E-state index in [1.165, 1.54) is 16.4 Å². The number of fused-ring (bicyclic) bond motifs is 1. The van der Waals surface area contributed by atoms with E-state index in [-0.39, 0.29) is 5.75 Å². The van der Waals surface area contributed by atoms with Gasteiger partial charge in [0.2, 0.25) is 10.0 Å². The van der Waals surface area contributed by atoms with E-state index in [4.69, 9.17) is 9.15 Å². The van der Waals surface area contributed by atoms with Crippen LogP contribution in [0, 0.1) is 13.8 Å². The second kappa shape index (κ2) is 9.60. The van der Waals surface area contributed by atoms with Crippen LogP contribution in [0.4, 0.5) is 5.69 Å². The van der Waals surface area contributed by atoms with Gasteiger partial charge >= 0.3 is 11.6 Å². The van der Waals surface area contributed by atoms with Crippen LogP contribution in [0.25, 0.3) is 11.0 Å². The van der Waals surface area contributed by atoms with Crippen LogP contribution in [0.1, 0.15) is 23.6 Å². The fourth-order valence-corrected chi connectivity index (χ4v) is 5.46. The van der Waals surface area contributed by atoms with Gasteiger partial charge in [0.15, 0.2) is 5.75 Å². The Balaban J connectivity index is 1.44. The highest BCUT2D eigenvalue weighted by molar-refractivity contribution is 7.89. The highest BCUT2D eigenvalue weighted by Crippen LogP contribution is 2.28. The molecule has 180 valence electrons. The molecule has 3 aromatic rings. The van der Waals surface area contributed by atoms with Crippen molar-refractivity contribution in [1.29, 1.82) is 0 Å². The third-order valence-corrected chi connectivity index (χ3v) is 7.79. The van der Waals surface area contributed by atoms with Gasteiger partial charge in [-0.3, -0.25) is 4.79 Å². The summed E-state index contributed by atoms with van der Waals surface area (Å²) < 4.78 is 37.8. The Morgan fingerprint density at radius 2 is 1.79 bits per heavy atom. The summed E-state index contributed by atoms with van der Waals surface area (Å²) >= 11 is 0. The van der Waals surface area contributed by atoms with Crippen LogP contribution in [-0.4, -0.2) is 50.6 Å². The standard InChI is InChI=1S/C25H28N2O6S/c1-4-19-14-21-18(3)13-24(28)33-23(21)15-22(19)32-25(29)16-34(30,31)27-10-8-26(9-11-27)20-7-5-6-17(2)12-20/h5-7,12-15H,4,8-11,16H2,1-3H3. The molecule has 1 aliphatic rings. The molecule has 0 saturated carbocycles. The topological polar surface area (TPSA) is 97.1 Å². The molecule has 0 atom stereocenters. The summed E-state index contributed by atoms with van der Waals surface area (Å²) in [6.45, 7) is 7.40. The number of carbonyl (C=O) groups is 1. The average Bonchev–Trinajstić information content (AvgIpc) is 2.78. The maximum atomic E-state index is 12.9. The fraction of sp³-hybridized carbons (Fsp3) is 0.360. The number of hydrogen-bond donors (Lipinski definition) is 0. The molecule has 34 heavy (non-hydrogen) atoms. The first kappa shape index (κ1) is 24.0. The van der Waals surface area contributed by atoms with Crippen molar-refractivity contribution in [3.63, 3.8) is 0 Å². The number of carbonyl (C=O) groups excluding carboxylic acids is 1. The van der Waals surface area contributed by atoms with E-state index in [1.54, 1.807) is 13.0 Å². The Morgan fingerprint density at radius 3 is 2.47 bits per heavy atom. The zero-order valence-corrected chi connectivity index (χ0v) is 20.4. The molecule has 9 heteroatoms. The second-order valence-corrected chi connectivity index (χ2v) is 10.5. The van der Waals surface area contributed by atoms with Crippen molar-refractivity contribution >= 4 is 32.6 Å². The zero-order chi connectivity index (χ0) is 24.5. The number of nitrogens with zero attached hydrogens (tertiary/aromatic N) is 2. The first-order chi connectivity index (χ1) is 16.2. The van der Waals surface area contributed by atoms with Gasteiger partial charge < -0.3 is 14.1 Å². The fourth-order valence-electron chi connectivity index (χ4n) is 4.20. The number of hydrogen-bond acceptors (Lipinski definition) is 7. The second-order valence-electron chi connectivity index (χ2n) is 8.51. The van der Waals surface area contributed by atoms with Gasteiger partial charge in [0.05, 0.1) is 0 Å². The highest BCUT2D eigenvalue weighted by Gasteiger charge is 2.30. The minimum absolute atomic E-state index is 0.202. The molecule has 2 aromatic carbocycles. The normalized spacial score (nSPS) is 15.0. The maximum Gasteiger partial charge on any atom is 0.336 e. The summed E-state index contributed by atoms with van der Waals surface area (Å²) in [5.74, 6) is -1.42. The van der Waals surface area contributed by atoms with Crippen LogP contribution in [-0.2, 0) is 21.2 Å². The van der Waals surface area contributed by atoms with Crippen molar-refractivity contribution in [2.24, 2.45) is 0 Å². The van der Waals surface area contributed by atoms with Crippen molar-refractivity contribution in [3.05, 3.63) is 69.6 Å². The number of esters is 1. The molecule has 4 rings (SSSR count). The van der Waals surface area contributed by atoms with Crippen LogP contribution in [0.3, 0.4) is 0 Å². The molecule has 8 nitrogen and oxygen atoms in total. The zero-order valence-electron chi connectivity index (χ0n) is 19.5. The Bertz CT molecular complexity index is 1390. The molecular weight excluding hydrogens is 456 g/mol. The van der Waals surface area contributed by atoms with Gasteiger partial charge in [-0.05, 0) is 55.2 Å². The number of rotatable bonds is 6. The number of benzene rings is 2. The van der Waals surface area contributed by atoms with E-state index in [9.17, 15) is 18.0 Å². The van der Waals surface area contributed by atoms with Crippen molar-refractivity contribution in [2.75, 3.05) is 36.8 Å². The van der Waals surface area contributed by atoms with E-state index < -0.39 is 27.4 Å². The minimum atomic E-state index is -3.83. The third-order valence-electron chi connectivity index (χ3n) is 6.04. The van der Waals surface area contributed by atoms with Crippen molar-refractivity contribution in [3.8, 4) is 5.75 Å². The maximum absolute atomic E-state index is 12.9. The Hall–Kier alpha value is -3.17. The molecule has 0 amide bonds. The lowest BCUT2D eigenvalue weighted by Crippen LogP contribution is -2.50. The first-order valence-corrected chi connectivity index (χ1v) is 12.8. The number of sulfonamides is 1. The van der Waals surface area contributed by atoms with E-state index in [0.29, 0.717) is 38.2 Å². The molecule has 0 radical (unpaired) electrons. The van der Waals surface area contributed by atoms with Gasteiger partial charge in [0.25, 0.3) is 0 Å². The summed E-state index contributed by atoms with van der Waals surface area (Å²) in [5.41, 5.74) is 3.47. The largest absolute Gasteiger partial charge is 0.425 e. The molecule has 0 N–H and O–H groups in total. The number of aryl methyl sites for hydroxylation is 3. The summed E-state index contributed by atoms with van der Waals surface area (Å²) in [6, 6.07) is 12.8. The lowest BCUT2D eigenvalue weighted by Gasteiger charge is -2.35. The molecule has 1 fully saturated rings. The van der Waals surface area contributed by atoms with E-state index in [0.717, 1.165) is 27.8 Å². The predicted molar refractivity (Wildman–Crippen MR) is 131 cm³/mol. The van der Waals surface area contributed by atoms with Gasteiger partial charge in [0, 0.05) is 49.4 Å².